The van der Waals surface area contributed by atoms with Crippen molar-refractivity contribution in [1.29, 1.82) is 0 Å². The summed E-state index contributed by atoms with van der Waals surface area (Å²) in [5, 5.41) is 21.5. The molecule has 0 atom stereocenters. The Morgan fingerprint density at radius 3 is 2.60 bits per heavy atom. The summed E-state index contributed by atoms with van der Waals surface area (Å²) < 4.78 is 0. The largest absolute Gasteiger partial charge is 0.364 e. The Kier molecular flexibility index (Phi) is 6.04. The van der Waals surface area contributed by atoms with E-state index in [9.17, 15) is 10.1 Å². The zero-order chi connectivity index (χ0) is 15.0. The van der Waals surface area contributed by atoms with E-state index in [0.717, 1.165) is 0 Å². The van der Waals surface area contributed by atoms with Crippen molar-refractivity contribution >= 4 is 40.6 Å². The van der Waals surface area contributed by atoms with E-state index < -0.39 is 4.92 Å². The van der Waals surface area contributed by atoms with Crippen molar-refractivity contribution in [3.05, 3.63) is 34.4 Å². The number of non-ortho nitro benzene ring substituents is 1. The van der Waals surface area contributed by atoms with E-state index in [2.05, 4.69) is 26.4 Å². The first-order chi connectivity index (χ1) is 9.52. The SMILES string of the molecule is CNC(=S)NN=CC(C)=NNc1ccc([N+](=O)[O-])cc1. The van der Waals surface area contributed by atoms with Gasteiger partial charge in [-0.3, -0.25) is 21.0 Å². The minimum Gasteiger partial charge on any atom is -0.364 e. The van der Waals surface area contributed by atoms with Gasteiger partial charge in [0.2, 0.25) is 0 Å². The molecule has 0 fully saturated rings. The molecule has 0 heterocycles. The smallest absolute Gasteiger partial charge is 0.269 e. The molecule has 1 rings (SSSR count). The maximum Gasteiger partial charge on any atom is 0.269 e. The predicted octanol–water partition coefficient (Wildman–Crippen LogP) is 1.46. The molecule has 0 saturated carbocycles. The third-order valence-corrected chi connectivity index (χ3v) is 2.38. The quantitative estimate of drug-likeness (QED) is 0.329. The summed E-state index contributed by atoms with van der Waals surface area (Å²) in [5.41, 5.74) is 6.63. The first-order valence-corrected chi connectivity index (χ1v) is 5.99. The van der Waals surface area contributed by atoms with Crippen LogP contribution in [0.5, 0.6) is 0 Å². The van der Waals surface area contributed by atoms with Crippen molar-refractivity contribution in [2.24, 2.45) is 10.2 Å². The summed E-state index contributed by atoms with van der Waals surface area (Å²) in [6.07, 6.45) is 1.49. The van der Waals surface area contributed by atoms with Crippen LogP contribution < -0.4 is 16.2 Å². The average Bonchev–Trinajstić information content (AvgIpc) is 2.45. The molecule has 0 radical (unpaired) electrons. The second-order valence-corrected chi connectivity index (χ2v) is 4.03. The molecule has 1 aromatic carbocycles. The number of hydrazone groups is 2. The lowest BCUT2D eigenvalue weighted by Crippen LogP contribution is -2.28. The Labute approximate surface area is 121 Å². The van der Waals surface area contributed by atoms with Crippen LogP contribution in [0.3, 0.4) is 0 Å². The molecule has 20 heavy (non-hydrogen) atoms. The number of anilines is 1. The number of rotatable bonds is 5. The molecule has 1 aromatic rings. The second kappa shape index (κ2) is 7.79. The standard InChI is InChI=1S/C11H14N6O2S/c1-8(7-13-16-11(20)12-2)14-15-9-3-5-10(6-4-9)17(18)19/h3-7,15H,1-2H3,(H2,12,16,20). The van der Waals surface area contributed by atoms with Gasteiger partial charge < -0.3 is 5.32 Å². The van der Waals surface area contributed by atoms with Crippen molar-refractivity contribution in [3.63, 3.8) is 0 Å². The van der Waals surface area contributed by atoms with Crippen molar-refractivity contribution in [2.45, 2.75) is 6.92 Å². The number of benzene rings is 1. The summed E-state index contributed by atoms with van der Waals surface area (Å²) in [6, 6.07) is 5.93. The summed E-state index contributed by atoms with van der Waals surface area (Å²) in [7, 11) is 1.68. The molecule has 106 valence electrons. The Morgan fingerprint density at radius 2 is 2.05 bits per heavy atom. The average molecular weight is 294 g/mol. The van der Waals surface area contributed by atoms with Crippen LogP contribution in [0.25, 0.3) is 0 Å². The van der Waals surface area contributed by atoms with Crippen LogP contribution >= 0.6 is 12.2 Å². The monoisotopic (exact) mass is 294 g/mol. The molecule has 0 aliphatic rings. The second-order valence-electron chi connectivity index (χ2n) is 3.62. The van der Waals surface area contributed by atoms with E-state index >= 15 is 0 Å². The topological polar surface area (TPSA) is 104 Å². The Balaban J connectivity index is 2.54. The minimum absolute atomic E-state index is 0.0302. The lowest BCUT2D eigenvalue weighted by molar-refractivity contribution is -0.384. The molecule has 0 unspecified atom stereocenters. The number of thiocarbonyl (C=S) groups is 1. The minimum atomic E-state index is -0.457. The normalized spacial score (nSPS) is 11.2. The maximum atomic E-state index is 10.5. The third kappa shape index (κ3) is 5.40. The fourth-order valence-electron chi connectivity index (χ4n) is 1.08. The van der Waals surface area contributed by atoms with E-state index in [1.165, 1.54) is 18.3 Å². The van der Waals surface area contributed by atoms with Gasteiger partial charge in [0.05, 0.1) is 22.5 Å². The number of nitro benzene ring substituents is 1. The third-order valence-electron chi connectivity index (χ3n) is 2.08. The predicted molar refractivity (Wildman–Crippen MR) is 83.1 cm³/mol. The molecule has 9 heteroatoms. The van der Waals surface area contributed by atoms with Crippen LogP contribution in [-0.2, 0) is 0 Å². The number of hydrogen-bond donors (Lipinski definition) is 3. The van der Waals surface area contributed by atoms with E-state index in [-0.39, 0.29) is 5.69 Å². The zero-order valence-electron chi connectivity index (χ0n) is 11.0. The molecular weight excluding hydrogens is 280 g/mol. The summed E-state index contributed by atoms with van der Waals surface area (Å²) in [4.78, 5) is 10.0. The summed E-state index contributed by atoms with van der Waals surface area (Å²) in [5.74, 6) is 0. The van der Waals surface area contributed by atoms with Crippen molar-refractivity contribution in [3.8, 4) is 0 Å². The Bertz CT molecular complexity index is 540. The van der Waals surface area contributed by atoms with Crippen LogP contribution in [0.2, 0.25) is 0 Å². The van der Waals surface area contributed by atoms with Gasteiger partial charge in [-0.25, -0.2) is 0 Å². The molecule has 0 bridgehead atoms. The molecule has 0 saturated heterocycles. The molecule has 0 aromatic heterocycles. The van der Waals surface area contributed by atoms with Crippen molar-refractivity contribution in [1.82, 2.24) is 10.7 Å². The van der Waals surface area contributed by atoms with Gasteiger partial charge in [0, 0.05) is 19.2 Å². The molecule has 0 aliphatic carbocycles. The zero-order valence-corrected chi connectivity index (χ0v) is 11.8. The van der Waals surface area contributed by atoms with Gasteiger partial charge in [-0.15, -0.1) is 0 Å². The first kappa shape index (κ1) is 15.5. The van der Waals surface area contributed by atoms with E-state index in [4.69, 9.17) is 12.2 Å². The Morgan fingerprint density at radius 1 is 1.40 bits per heavy atom. The maximum absolute atomic E-state index is 10.5. The fraction of sp³-hybridized carbons (Fsp3) is 0.182. The highest BCUT2D eigenvalue weighted by Crippen LogP contribution is 2.15. The molecule has 8 nitrogen and oxygen atoms in total. The number of nitro groups is 1. The van der Waals surface area contributed by atoms with Crippen LogP contribution in [0.4, 0.5) is 11.4 Å². The highest BCUT2D eigenvalue weighted by atomic mass is 32.1. The highest BCUT2D eigenvalue weighted by Gasteiger charge is 2.02. The fourth-order valence-corrected chi connectivity index (χ4v) is 1.13. The van der Waals surface area contributed by atoms with Gasteiger partial charge in [-0.2, -0.15) is 10.2 Å². The van der Waals surface area contributed by atoms with Gasteiger partial charge in [0.25, 0.3) is 5.69 Å². The molecule has 3 N–H and O–H groups in total. The lowest BCUT2D eigenvalue weighted by atomic mass is 10.3. The molecule has 0 spiro atoms. The van der Waals surface area contributed by atoms with Gasteiger partial charge in [-0.1, -0.05) is 0 Å². The molecular formula is C11H14N6O2S. The van der Waals surface area contributed by atoms with Gasteiger partial charge >= 0.3 is 0 Å². The Hall–Kier alpha value is -2.55. The van der Waals surface area contributed by atoms with Crippen LogP contribution in [0, 0.1) is 10.1 Å². The van der Waals surface area contributed by atoms with Crippen LogP contribution in [0.1, 0.15) is 6.92 Å². The van der Waals surface area contributed by atoms with Gasteiger partial charge in [-0.05, 0) is 31.3 Å². The van der Waals surface area contributed by atoms with Crippen LogP contribution in [0.15, 0.2) is 34.5 Å². The molecule has 0 amide bonds. The highest BCUT2D eigenvalue weighted by molar-refractivity contribution is 7.80. The van der Waals surface area contributed by atoms with Gasteiger partial charge in [0.1, 0.15) is 0 Å². The number of hydrogen-bond acceptors (Lipinski definition) is 6. The van der Waals surface area contributed by atoms with Crippen LogP contribution in [-0.4, -0.2) is 29.0 Å². The summed E-state index contributed by atoms with van der Waals surface area (Å²) >= 11 is 4.84. The van der Waals surface area contributed by atoms with Crippen molar-refractivity contribution < 1.29 is 4.92 Å². The number of nitrogens with zero attached hydrogens (tertiary/aromatic N) is 3. The lowest BCUT2D eigenvalue weighted by Gasteiger charge is -2.01. The first-order valence-electron chi connectivity index (χ1n) is 5.58. The van der Waals surface area contributed by atoms with E-state index in [1.54, 1.807) is 26.1 Å². The van der Waals surface area contributed by atoms with E-state index in [0.29, 0.717) is 16.5 Å². The number of nitrogens with one attached hydrogen (secondary N) is 3. The van der Waals surface area contributed by atoms with Crippen molar-refractivity contribution in [2.75, 3.05) is 12.5 Å². The van der Waals surface area contributed by atoms with Gasteiger partial charge in [0.15, 0.2) is 5.11 Å². The molecule has 0 aliphatic heterocycles. The summed E-state index contributed by atoms with van der Waals surface area (Å²) in [6.45, 7) is 1.74. The van der Waals surface area contributed by atoms with E-state index in [1.807, 2.05) is 0 Å².